The van der Waals surface area contributed by atoms with Crippen molar-refractivity contribution in [1.82, 2.24) is 4.57 Å². The minimum Gasteiger partial charge on any atom is -0.350 e. The molecule has 3 aromatic rings. The number of hydrogen-bond acceptors (Lipinski definition) is 1. The van der Waals surface area contributed by atoms with E-state index in [-0.39, 0.29) is 5.92 Å². The second-order valence-corrected chi connectivity index (χ2v) is 6.04. The van der Waals surface area contributed by atoms with E-state index in [9.17, 15) is 13.2 Å². The molecule has 0 radical (unpaired) electrons. The summed E-state index contributed by atoms with van der Waals surface area (Å²) >= 11 is 0. The molecule has 1 aromatic heterocycles. The Labute approximate surface area is 138 Å². The number of halogens is 3. The molecule has 1 heterocycles. The van der Waals surface area contributed by atoms with E-state index in [0.717, 1.165) is 34.2 Å². The molecule has 1 unspecified atom stereocenters. The molecule has 2 nitrogen and oxygen atoms in total. The van der Waals surface area contributed by atoms with Crippen LogP contribution in [0.3, 0.4) is 0 Å². The zero-order chi connectivity index (χ0) is 17.3. The average molecular weight is 332 g/mol. The zero-order valence-corrected chi connectivity index (χ0v) is 13.3. The molecule has 1 atom stereocenters. The van der Waals surface area contributed by atoms with Crippen LogP contribution in [-0.4, -0.2) is 11.1 Å². The molecule has 126 valence electrons. The molecule has 0 aliphatic carbocycles. The smallest absolute Gasteiger partial charge is 0.350 e. The minimum absolute atomic E-state index is 0.0628. The van der Waals surface area contributed by atoms with Gasteiger partial charge in [0.05, 0.1) is 5.56 Å². The summed E-state index contributed by atoms with van der Waals surface area (Å²) in [5, 5.41) is 1.14. The van der Waals surface area contributed by atoms with Gasteiger partial charge in [0.1, 0.15) is 0 Å². The fourth-order valence-corrected chi connectivity index (χ4v) is 3.13. The van der Waals surface area contributed by atoms with Crippen LogP contribution in [0, 0.1) is 0 Å². The van der Waals surface area contributed by atoms with Crippen LogP contribution in [0.5, 0.6) is 0 Å². The summed E-state index contributed by atoms with van der Waals surface area (Å²) in [4.78, 5) is 0. The Balaban J connectivity index is 1.89. The topological polar surface area (TPSA) is 30.9 Å². The molecule has 2 aromatic carbocycles. The van der Waals surface area contributed by atoms with Gasteiger partial charge in [-0.1, -0.05) is 30.3 Å². The second kappa shape index (κ2) is 6.32. The lowest BCUT2D eigenvalue weighted by Gasteiger charge is -2.15. The summed E-state index contributed by atoms with van der Waals surface area (Å²) in [7, 11) is 1.98. The fourth-order valence-electron chi connectivity index (χ4n) is 3.13. The number of benzene rings is 2. The predicted molar refractivity (Wildman–Crippen MR) is 89.9 cm³/mol. The number of fused-ring (bicyclic) bond motifs is 1. The number of nitrogens with two attached hydrogens (primary N) is 1. The molecule has 0 saturated heterocycles. The van der Waals surface area contributed by atoms with Gasteiger partial charge in [-0.2, -0.15) is 13.2 Å². The van der Waals surface area contributed by atoms with Gasteiger partial charge < -0.3 is 10.3 Å². The monoisotopic (exact) mass is 332 g/mol. The first-order valence-corrected chi connectivity index (χ1v) is 7.80. The number of aryl methyl sites for hydroxylation is 1. The van der Waals surface area contributed by atoms with E-state index in [4.69, 9.17) is 5.73 Å². The van der Waals surface area contributed by atoms with E-state index in [1.165, 1.54) is 12.1 Å². The summed E-state index contributed by atoms with van der Waals surface area (Å²) in [5.74, 6) is 0.0628. The fraction of sp³-hybridized carbons (Fsp3) is 0.263. The van der Waals surface area contributed by atoms with Crippen LogP contribution in [-0.2, 0) is 19.6 Å². The van der Waals surface area contributed by atoms with Gasteiger partial charge in [0, 0.05) is 30.1 Å². The Hall–Kier alpha value is -2.27. The van der Waals surface area contributed by atoms with Gasteiger partial charge in [0.25, 0.3) is 0 Å². The van der Waals surface area contributed by atoms with Gasteiger partial charge >= 0.3 is 6.18 Å². The Bertz CT molecular complexity index is 832. The average Bonchev–Trinajstić information content (AvgIpc) is 2.90. The lowest BCUT2D eigenvalue weighted by Crippen LogP contribution is -2.15. The third kappa shape index (κ3) is 3.17. The highest BCUT2D eigenvalue weighted by Crippen LogP contribution is 2.31. The molecular formula is C19H19F3N2. The van der Waals surface area contributed by atoms with E-state index in [0.29, 0.717) is 13.0 Å². The van der Waals surface area contributed by atoms with Gasteiger partial charge in [0.2, 0.25) is 0 Å². The van der Waals surface area contributed by atoms with Gasteiger partial charge in [-0.25, -0.2) is 0 Å². The van der Waals surface area contributed by atoms with Crippen LogP contribution in [0.4, 0.5) is 13.2 Å². The molecule has 2 N–H and O–H groups in total. The van der Waals surface area contributed by atoms with Gasteiger partial charge in [-0.3, -0.25) is 0 Å². The Morgan fingerprint density at radius 2 is 1.71 bits per heavy atom. The maximum Gasteiger partial charge on any atom is 0.416 e. The Morgan fingerprint density at radius 1 is 1.04 bits per heavy atom. The van der Waals surface area contributed by atoms with Crippen molar-refractivity contribution >= 4 is 10.9 Å². The molecule has 24 heavy (non-hydrogen) atoms. The molecule has 0 saturated carbocycles. The van der Waals surface area contributed by atoms with Crippen molar-refractivity contribution in [2.45, 2.75) is 18.5 Å². The Kier molecular flexibility index (Phi) is 4.37. The SMILES string of the molecule is Cn1cc(C(CN)Cc2ccc(C(F)(F)F)cc2)c2ccccc21. The summed E-state index contributed by atoms with van der Waals surface area (Å²) in [6.07, 6.45) is -1.63. The first-order valence-electron chi connectivity index (χ1n) is 7.80. The number of nitrogens with zero attached hydrogens (tertiary/aromatic N) is 1. The highest BCUT2D eigenvalue weighted by Gasteiger charge is 2.30. The van der Waals surface area contributed by atoms with Crippen LogP contribution < -0.4 is 5.73 Å². The largest absolute Gasteiger partial charge is 0.416 e. The van der Waals surface area contributed by atoms with Crippen molar-refractivity contribution < 1.29 is 13.2 Å². The molecule has 5 heteroatoms. The van der Waals surface area contributed by atoms with Crippen LogP contribution in [0.25, 0.3) is 10.9 Å². The standard InChI is InChI=1S/C19H19F3N2/c1-24-12-17(16-4-2-3-5-18(16)24)14(11-23)10-13-6-8-15(9-7-13)19(20,21)22/h2-9,12,14H,10-11,23H2,1H3. The molecule has 0 bridgehead atoms. The number of alkyl halides is 3. The molecule has 0 spiro atoms. The maximum atomic E-state index is 12.7. The van der Waals surface area contributed by atoms with Crippen molar-refractivity contribution in [1.29, 1.82) is 0 Å². The van der Waals surface area contributed by atoms with Gasteiger partial charge in [-0.15, -0.1) is 0 Å². The van der Waals surface area contributed by atoms with Crippen LogP contribution in [0.1, 0.15) is 22.6 Å². The van der Waals surface area contributed by atoms with E-state index >= 15 is 0 Å². The van der Waals surface area contributed by atoms with Crippen molar-refractivity contribution in [3.8, 4) is 0 Å². The van der Waals surface area contributed by atoms with E-state index in [1.807, 2.05) is 25.2 Å². The summed E-state index contributed by atoms with van der Waals surface area (Å²) < 4.78 is 40.1. The van der Waals surface area contributed by atoms with Crippen molar-refractivity contribution in [3.05, 3.63) is 71.4 Å². The normalized spacial score (nSPS) is 13.4. The van der Waals surface area contributed by atoms with Gasteiger partial charge in [-0.05, 0) is 42.3 Å². The maximum absolute atomic E-state index is 12.7. The van der Waals surface area contributed by atoms with Crippen LogP contribution >= 0.6 is 0 Å². The van der Waals surface area contributed by atoms with E-state index < -0.39 is 11.7 Å². The number of para-hydroxylation sites is 1. The molecule has 0 aliphatic heterocycles. The van der Waals surface area contributed by atoms with E-state index in [1.54, 1.807) is 0 Å². The molecule has 0 aliphatic rings. The van der Waals surface area contributed by atoms with E-state index in [2.05, 4.69) is 16.8 Å². The van der Waals surface area contributed by atoms with Crippen LogP contribution in [0.15, 0.2) is 54.7 Å². The number of rotatable bonds is 4. The predicted octanol–water partition coefficient (Wildman–Crippen LogP) is 4.48. The summed E-state index contributed by atoms with van der Waals surface area (Å²) in [6, 6.07) is 13.4. The Morgan fingerprint density at radius 3 is 2.33 bits per heavy atom. The lowest BCUT2D eigenvalue weighted by atomic mass is 9.91. The quantitative estimate of drug-likeness (QED) is 0.750. The minimum atomic E-state index is -4.30. The highest BCUT2D eigenvalue weighted by atomic mass is 19.4. The van der Waals surface area contributed by atoms with Crippen molar-refractivity contribution in [2.24, 2.45) is 12.8 Å². The number of hydrogen-bond donors (Lipinski definition) is 1. The molecule has 0 amide bonds. The highest BCUT2D eigenvalue weighted by molar-refractivity contribution is 5.84. The lowest BCUT2D eigenvalue weighted by molar-refractivity contribution is -0.137. The molecular weight excluding hydrogens is 313 g/mol. The third-order valence-corrected chi connectivity index (χ3v) is 4.42. The summed E-state index contributed by atoms with van der Waals surface area (Å²) in [6.45, 7) is 0.440. The van der Waals surface area contributed by atoms with Crippen molar-refractivity contribution in [2.75, 3.05) is 6.54 Å². The van der Waals surface area contributed by atoms with Gasteiger partial charge in [0.15, 0.2) is 0 Å². The van der Waals surface area contributed by atoms with Crippen molar-refractivity contribution in [3.63, 3.8) is 0 Å². The molecule has 0 fully saturated rings. The summed E-state index contributed by atoms with van der Waals surface area (Å²) in [5.41, 5.74) is 8.45. The number of aromatic nitrogens is 1. The first kappa shape index (κ1) is 16.6. The third-order valence-electron chi connectivity index (χ3n) is 4.42. The second-order valence-electron chi connectivity index (χ2n) is 6.04. The molecule has 3 rings (SSSR count). The first-order chi connectivity index (χ1) is 11.4. The zero-order valence-electron chi connectivity index (χ0n) is 13.3. The van der Waals surface area contributed by atoms with Crippen LogP contribution in [0.2, 0.25) is 0 Å².